The SMILES string of the molecule is CC(=O)NCCN(C(=O)c1cccc(Br)c1C)C(C)C(=O)O. The number of rotatable bonds is 6. The molecule has 0 saturated heterocycles. The fourth-order valence-electron chi connectivity index (χ4n) is 1.95. The van der Waals surface area contributed by atoms with Gasteiger partial charge in [-0.2, -0.15) is 0 Å². The molecule has 0 aromatic heterocycles. The van der Waals surface area contributed by atoms with Crippen LogP contribution in [-0.4, -0.2) is 46.9 Å². The van der Waals surface area contributed by atoms with Crippen molar-refractivity contribution >= 4 is 33.7 Å². The van der Waals surface area contributed by atoms with Gasteiger partial charge in [0.05, 0.1) is 0 Å². The number of carbonyl (C=O) groups excluding carboxylic acids is 2. The molecule has 0 aliphatic rings. The van der Waals surface area contributed by atoms with Crippen LogP contribution in [0.4, 0.5) is 0 Å². The van der Waals surface area contributed by atoms with Crippen LogP contribution in [0.2, 0.25) is 0 Å². The van der Waals surface area contributed by atoms with Crippen molar-refractivity contribution in [3.8, 4) is 0 Å². The Morgan fingerprint density at radius 1 is 1.36 bits per heavy atom. The van der Waals surface area contributed by atoms with Gasteiger partial charge in [0, 0.05) is 30.0 Å². The average molecular weight is 371 g/mol. The first kappa shape index (κ1) is 18.2. The average Bonchev–Trinajstić information content (AvgIpc) is 2.45. The molecule has 0 aliphatic carbocycles. The van der Waals surface area contributed by atoms with Gasteiger partial charge in [-0.3, -0.25) is 9.59 Å². The van der Waals surface area contributed by atoms with Crippen LogP contribution in [0, 0.1) is 6.92 Å². The number of carboxylic acid groups (broad SMARTS) is 1. The van der Waals surface area contributed by atoms with Crippen LogP contribution in [0.15, 0.2) is 22.7 Å². The first-order valence-corrected chi connectivity index (χ1v) is 7.58. The van der Waals surface area contributed by atoms with E-state index in [4.69, 9.17) is 0 Å². The molecule has 1 atom stereocenters. The van der Waals surface area contributed by atoms with Gasteiger partial charge < -0.3 is 15.3 Å². The first-order chi connectivity index (χ1) is 10.3. The van der Waals surface area contributed by atoms with Crippen LogP contribution in [0.5, 0.6) is 0 Å². The second-order valence-corrected chi connectivity index (χ2v) is 5.76. The summed E-state index contributed by atoms with van der Waals surface area (Å²) in [6.07, 6.45) is 0. The van der Waals surface area contributed by atoms with Crippen LogP contribution in [0.25, 0.3) is 0 Å². The summed E-state index contributed by atoms with van der Waals surface area (Å²) in [4.78, 5) is 36.1. The third kappa shape index (κ3) is 4.56. The fraction of sp³-hybridized carbons (Fsp3) is 0.400. The number of nitrogens with zero attached hydrogens (tertiary/aromatic N) is 1. The van der Waals surface area contributed by atoms with Crippen LogP contribution >= 0.6 is 15.9 Å². The largest absolute Gasteiger partial charge is 0.480 e. The molecule has 2 amide bonds. The van der Waals surface area contributed by atoms with Crippen molar-refractivity contribution in [3.05, 3.63) is 33.8 Å². The molecule has 22 heavy (non-hydrogen) atoms. The van der Waals surface area contributed by atoms with E-state index in [0.717, 1.165) is 10.0 Å². The summed E-state index contributed by atoms with van der Waals surface area (Å²) in [5.74, 6) is -1.70. The Labute approximate surface area is 137 Å². The van der Waals surface area contributed by atoms with Crippen LogP contribution < -0.4 is 5.32 Å². The minimum atomic E-state index is -1.09. The lowest BCUT2D eigenvalue weighted by atomic mass is 10.1. The molecule has 120 valence electrons. The summed E-state index contributed by atoms with van der Waals surface area (Å²) in [6, 6.07) is 4.21. The van der Waals surface area contributed by atoms with Gasteiger partial charge in [0.25, 0.3) is 5.91 Å². The topological polar surface area (TPSA) is 86.7 Å². The Morgan fingerprint density at radius 2 is 2.00 bits per heavy atom. The maximum atomic E-state index is 12.7. The lowest BCUT2D eigenvalue weighted by Crippen LogP contribution is -2.46. The predicted octanol–water partition coefficient (Wildman–Crippen LogP) is 1.81. The van der Waals surface area contributed by atoms with E-state index in [1.54, 1.807) is 19.1 Å². The van der Waals surface area contributed by atoms with E-state index in [2.05, 4.69) is 21.2 Å². The zero-order chi connectivity index (χ0) is 16.9. The van der Waals surface area contributed by atoms with Crippen molar-refractivity contribution in [2.45, 2.75) is 26.8 Å². The van der Waals surface area contributed by atoms with E-state index in [0.29, 0.717) is 5.56 Å². The molecule has 0 heterocycles. The highest BCUT2D eigenvalue weighted by Crippen LogP contribution is 2.21. The van der Waals surface area contributed by atoms with E-state index in [1.807, 2.05) is 6.07 Å². The Balaban J connectivity index is 3.03. The molecule has 0 aliphatic heterocycles. The molecule has 0 radical (unpaired) electrons. The van der Waals surface area contributed by atoms with Crippen molar-refractivity contribution in [1.29, 1.82) is 0 Å². The number of carbonyl (C=O) groups is 3. The van der Waals surface area contributed by atoms with Gasteiger partial charge in [0.15, 0.2) is 0 Å². The van der Waals surface area contributed by atoms with Crippen LogP contribution in [0.1, 0.15) is 29.8 Å². The molecule has 1 rings (SSSR count). The molecule has 0 bridgehead atoms. The number of nitrogens with one attached hydrogen (secondary N) is 1. The van der Waals surface area contributed by atoms with E-state index < -0.39 is 12.0 Å². The van der Waals surface area contributed by atoms with E-state index in [-0.39, 0.29) is 24.9 Å². The van der Waals surface area contributed by atoms with E-state index in [1.165, 1.54) is 18.7 Å². The molecule has 2 N–H and O–H groups in total. The number of hydrogen-bond acceptors (Lipinski definition) is 3. The molecule has 0 spiro atoms. The quantitative estimate of drug-likeness (QED) is 0.799. The Kier molecular flexibility index (Phi) is 6.55. The Morgan fingerprint density at radius 3 is 2.55 bits per heavy atom. The molecule has 6 nitrogen and oxygen atoms in total. The molecule has 1 aromatic carbocycles. The maximum absolute atomic E-state index is 12.7. The zero-order valence-corrected chi connectivity index (χ0v) is 14.3. The van der Waals surface area contributed by atoms with E-state index in [9.17, 15) is 19.5 Å². The number of halogens is 1. The summed E-state index contributed by atoms with van der Waals surface area (Å²) in [5.41, 5.74) is 1.18. The highest BCUT2D eigenvalue weighted by atomic mass is 79.9. The van der Waals surface area contributed by atoms with E-state index >= 15 is 0 Å². The van der Waals surface area contributed by atoms with Gasteiger partial charge in [0.2, 0.25) is 5.91 Å². The van der Waals surface area contributed by atoms with Gasteiger partial charge in [-0.15, -0.1) is 0 Å². The van der Waals surface area contributed by atoms with Crippen molar-refractivity contribution in [2.24, 2.45) is 0 Å². The lowest BCUT2D eigenvalue weighted by molar-refractivity contribution is -0.141. The molecule has 0 fully saturated rings. The van der Waals surface area contributed by atoms with Crippen LogP contribution in [0.3, 0.4) is 0 Å². The lowest BCUT2D eigenvalue weighted by Gasteiger charge is -2.27. The summed E-state index contributed by atoms with van der Waals surface area (Å²) in [5, 5.41) is 11.8. The summed E-state index contributed by atoms with van der Waals surface area (Å²) >= 11 is 3.36. The van der Waals surface area contributed by atoms with Gasteiger partial charge in [-0.25, -0.2) is 4.79 Å². The first-order valence-electron chi connectivity index (χ1n) is 6.79. The summed E-state index contributed by atoms with van der Waals surface area (Å²) in [6.45, 7) is 4.92. The number of amides is 2. The molecule has 1 unspecified atom stereocenters. The molecule has 1 aromatic rings. The number of benzene rings is 1. The molecular weight excluding hydrogens is 352 g/mol. The molecular formula is C15H19BrN2O4. The smallest absolute Gasteiger partial charge is 0.326 e. The monoisotopic (exact) mass is 370 g/mol. The van der Waals surface area contributed by atoms with Crippen molar-refractivity contribution < 1.29 is 19.5 Å². The van der Waals surface area contributed by atoms with Crippen molar-refractivity contribution in [3.63, 3.8) is 0 Å². The van der Waals surface area contributed by atoms with Crippen molar-refractivity contribution in [1.82, 2.24) is 10.2 Å². The second kappa shape index (κ2) is 7.93. The zero-order valence-electron chi connectivity index (χ0n) is 12.7. The fourth-order valence-corrected chi connectivity index (χ4v) is 2.32. The van der Waals surface area contributed by atoms with Gasteiger partial charge in [0.1, 0.15) is 6.04 Å². The second-order valence-electron chi connectivity index (χ2n) is 4.91. The third-order valence-corrected chi connectivity index (χ3v) is 4.17. The predicted molar refractivity (Wildman–Crippen MR) is 85.7 cm³/mol. The maximum Gasteiger partial charge on any atom is 0.326 e. The number of carboxylic acids is 1. The summed E-state index contributed by atoms with van der Waals surface area (Å²) < 4.78 is 0.781. The normalized spacial score (nSPS) is 11.6. The van der Waals surface area contributed by atoms with Gasteiger partial charge in [-0.05, 0) is 31.5 Å². The number of hydrogen-bond donors (Lipinski definition) is 2. The molecule has 0 saturated carbocycles. The minimum Gasteiger partial charge on any atom is -0.480 e. The summed E-state index contributed by atoms with van der Waals surface area (Å²) in [7, 11) is 0. The Hall–Kier alpha value is -1.89. The minimum absolute atomic E-state index is 0.123. The van der Waals surface area contributed by atoms with Gasteiger partial charge >= 0.3 is 5.97 Å². The molecule has 7 heteroatoms. The Bertz CT molecular complexity index is 589. The standard InChI is InChI=1S/C15H19BrN2O4/c1-9-12(5-4-6-13(9)16)14(20)18(10(2)15(21)22)8-7-17-11(3)19/h4-6,10H,7-8H2,1-3H3,(H,17,19)(H,21,22). The third-order valence-electron chi connectivity index (χ3n) is 3.31. The van der Waals surface area contributed by atoms with Crippen LogP contribution in [-0.2, 0) is 9.59 Å². The highest BCUT2D eigenvalue weighted by molar-refractivity contribution is 9.10. The van der Waals surface area contributed by atoms with Gasteiger partial charge in [-0.1, -0.05) is 22.0 Å². The highest BCUT2D eigenvalue weighted by Gasteiger charge is 2.27. The number of aliphatic carboxylic acids is 1. The van der Waals surface area contributed by atoms with Crippen molar-refractivity contribution in [2.75, 3.05) is 13.1 Å².